The fourth-order valence-corrected chi connectivity index (χ4v) is 3.19. The lowest BCUT2D eigenvalue weighted by atomic mass is 10.0. The molecule has 0 atom stereocenters. The number of aromatic nitrogens is 1. The molecule has 1 aromatic heterocycles. The molecule has 4 nitrogen and oxygen atoms in total. The van der Waals surface area contributed by atoms with Crippen molar-refractivity contribution in [2.24, 2.45) is 0 Å². The maximum Gasteiger partial charge on any atom is 0.299 e. The van der Waals surface area contributed by atoms with Gasteiger partial charge in [-0.2, -0.15) is 0 Å². The zero-order valence-corrected chi connectivity index (χ0v) is 12.4. The van der Waals surface area contributed by atoms with Crippen LogP contribution in [0, 0.1) is 20.8 Å². The summed E-state index contributed by atoms with van der Waals surface area (Å²) < 4.78 is 0. The molecule has 0 saturated carbocycles. The summed E-state index contributed by atoms with van der Waals surface area (Å²) in [6.07, 6.45) is 0. The minimum Gasteiger partial charge on any atom is -0.298 e. The molecule has 3 rings (SSSR count). The minimum atomic E-state index is -0.457. The molecule has 102 valence electrons. The molecule has 5 heteroatoms. The number of nitrogens with zero attached hydrogens (tertiary/aromatic N) is 2. The highest BCUT2D eigenvalue weighted by atomic mass is 32.1. The number of Topliss-reactive ketones (excluding diaryl/α,β-unsaturated/α-hetero) is 1. The standard InChI is InChI=1S/C15H14N2O2S/c1-8-4-5-11-13(10(8)3)17(15(19)14(11)18)6-12-16-9(2)7-20-12/h4-5,7H,6H2,1-3H3. The smallest absolute Gasteiger partial charge is 0.298 e. The molecule has 2 heterocycles. The monoisotopic (exact) mass is 286 g/mol. The lowest BCUT2D eigenvalue weighted by molar-refractivity contribution is -0.114. The third kappa shape index (κ3) is 1.86. The van der Waals surface area contributed by atoms with E-state index in [-0.39, 0.29) is 0 Å². The average molecular weight is 286 g/mol. The topological polar surface area (TPSA) is 50.3 Å². The van der Waals surface area contributed by atoms with Gasteiger partial charge in [0.2, 0.25) is 0 Å². The molecule has 0 bridgehead atoms. The Kier molecular flexibility index (Phi) is 2.94. The van der Waals surface area contributed by atoms with Crippen LogP contribution in [0.2, 0.25) is 0 Å². The van der Waals surface area contributed by atoms with E-state index in [4.69, 9.17) is 0 Å². The average Bonchev–Trinajstić information content (AvgIpc) is 2.92. The molecule has 1 aliphatic rings. The number of ketones is 1. The Morgan fingerprint density at radius 3 is 2.60 bits per heavy atom. The van der Waals surface area contributed by atoms with Crippen molar-refractivity contribution in [1.29, 1.82) is 0 Å². The maximum atomic E-state index is 12.2. The summed E-state index contributed by atoms with van der Waals surface area (Å²) in [5.74, 6) is -0.877. The molecule has 1 aliphatic heterocycles. The number of anilines is 1. The van der Waals surface area contributed by atoms with Crippen LogP contribution in [0.25, 0.3) is 0 Å². The Hall–Kier alpha value is -2.01. The van der Waals surface area contributed by atoms with Gasteiger partial charge in [0, 0.05) is 11.1 Å². The molecule has 0 aliphatic carbocycles. The number of aryl methyl sites for hydroxylation is 2. The van der Waals surface area contributed by atoms with E-state index >= 15 is 0 Å². The summed E-state index contributed by atoms with van der Waals surface area (Å²) in [5.41, 5.74) is 4.24. The van der Waals surface area contributed by atoms with Crippen molar-refractivity contribution in [2.75, 3.05) is 4.90 Å². The molecule has 1 amide bonds. The zero-order valence-electron chi connectivity index (χ0n) is 11.6. The largest absolute Gasteiger partial charge is 0.299 e. The van der Waals surface area contributed by atoms with Crippen molar-refractivity contribution >= 4 is 28.7 Å². The van der Waals surface area contributed by atoms with Crippen LogP contribution in [-0.2, 0) is 11.3 Å². The predicted molar refractivity (Wildman–Crippen MR) is 78.3 cm³/mol. The van der Waals surface area contributed by atoms with Crippen molar-refractivity contribution in [1.82, 2.24) is 4.98 Å². The molecule has 0 fully saturated rings. The third-order valence-corrected chi connectivity index (χ3v) is 4.57. The number of benzene rings is 1. The van der Waals surface area contributed by atoms with E-state index in [9.17, 15) is 9.59 Å². The normalized spacial score (nSPS) is 14.1. The second-order valence-electron chi connectivity index (χ2n) is 5.01. The van der Waals surface area contributed by atoms with Crippen LogP contribution in [0.1, 0.15) is 32.2 Å². The third-order valence-electron chi connectivity index (χ3n) is 3.62. The van der Waals surface area contributed by atoms with E-state index in [1.165, 1.54) is 11.3 Å². The van der Waals surface area contributed by atoms with E-state index < -0.39 is 11.7 Å². The SMILES string of the molecule is Cc1csc(CN2C(=O)C(=O)c3ccc(C)c(C)c32)n1. The maximum absolute atomic E-state index is 12.2. The summed E-state index contributed by atoms with van der Waals surface area (Å²) in [4.78, 5) is 30.2. The second kappa shape index (κ2) is 4.52. The highest BCUT2D eigenvalue weighted by Gasteiger charge is 2.37. The first-order valence-corrected chi connectivity index (χ1v) is 7.24. The molecular weight excluding hydrogens is 272 g/mol. The van der Waals surface area contributed by atoms with E-state index in [1.54, 1.807) is 11.0 Å². The Morgan fingerprint density at radius 2 is 1.95 bits per heavy atom. The van der Waals surface area contributed by atoms with Crippen LogP contribution < -0.4 is 4.90 Å². The van der Waals surface area contributed by atoms with Crippen LogP contribution in [0.3, 0.4) is 0 Å². The van der Waals surface area contributed by atoms with E-state index in [1.807, 2.05) is 32.2 Å². The van der Waals surface area contributed by atoms with Gasteiger partial charge in [-0.1, -0.05) is 6.07 Å². The first-order chi connectivity index (χ1) is 9.49. The Morgan fingerprint density at radius 1 is 1.20 bits per heavy atom. The van der Waals surface area contributed by atoms with E-state index in [2.05, 4.69) is 4.98 Å². The van der Waals surface area contributed by atoms with Crippen LogP contribution in [0.15, 0.2) is 17.5 Å². The Balaban J connectivity index is 2.07. The van der Waals surface area contributed by atoms with Crippen LogP contribution in [0.5, 0.6) is 0 Å². The first-order valence-electron chi connectivity index (χ1n) is 6.36. The summed E-state index contributed by atoms with van der Waals surface area (Å²) in [6, 6.07) is 3.63. The fourth-order valence-electron chi connectivity index (χ4n) is 2.43. The van der Waals surface area contributed by atoms with Gasteiger partial charge in [0.25, 0.3) is 11.7 Å². The highest BCUT2D eigenvalue weighted by Crippen LogP contribution is 2.35. The number of carbonyl (C=O) groups excluding carboxylic acids is 2. The first kappa shape index (κ1) is 13.0. The Labute approximate surface area is 121 Å². The number of hydrogen-bond acceptors (Lipinski definition) is 4. The zero-order chi connectivity index (χ0) is 14.4. The number of hydrogen-bond donors (Lipinski definition) is 0. The van der Waals surface area contributed by atoms with Gasteiger partial charge in [0.05, 0.1) is 17.8 Å². The number of fused-ring (bicyclic) bond motifs is 1. The van der Waals surface area contributed by atoms with Crippen LogP contribution in [0.4, 0.5) is 5.69 Å². The summed E-state index contributed by atoms with van der Waals surface area (Å²) in [5, 5.41) is 2.79. The quantitative estimate of drug-likeness (QED) is 0.798. The van der Waals surface area contributed by atoms with Crippen LogP contribution >= 0.6 is 11.3 Å². The summed E-state index contributed by atoms with van der Waals surface area (Å²) >= 11 is 1.51. The van der Waals surface area contributed by atoms with Gasteiger partial charge in [0.1, 0.15) is 5.01 Å². The van der Waals surface area contributed by atoms with Gasteiger partial charge in [-0.05, 0) is 38.0 Å². The Bertz CT molecular complexity index is 733. The van der Waals surface area contributed by atoms with Crippen LogP contribution in [-0.4, -0.2) is 16.7 Å². The van der Waals surface area contributed by atoms with Crippen molar-refractivity contribution in [3.63, 3.8) is 0 Å². The molecule has 0 radical (unpaired) electrons. The molecular formula is C15H14N2O2S. The van der Waals surface area contributed by atoms with Crippen molar-refractivity contribution < 1.29 is 9.59 Å². The van der Waals surface area contributed by atoms with Crippen molar-refractivity contribution in [2.45, 2.75) is 27.3 Å². The number of carbonyl (C=O) groups is 2. The van der Waals surface area contributed by atoms with Crippen molar-refractivity contribution in [3.05, 3.63) is 44.9 Å². The molecule has 2 aromatic rings. The number of thiazole rings is 1. The van der Waals surface area contributed by atoms with E-state index in [0.717, 1.165) is 27.5 Å². The number of rotatable bonds is 2. The molecule has 0 saturated heterocycles. The van der Waals surface area contributed by atoms with Gasteiger partial charge in [-0.25, -0.2) is 4.98 Å². The minimum absolute atomic E-state index is 0.361. The lowest BCUT2D eigenvalue weighted by Crippen LogP contribution is -2.29. The molecule has 20 heavy (non-hydrogen) atoms. The fraction of sp³-hybridized carbons (Fsp3) is 0.267. The second-order valence-corrected chi connectivity index (χ2v) is 5.95. The van der Waals surface area contributed by atoms with E-state index in [0.29, 0.717) is 12.1 Å². The molecule has 0 N–H and O–H groups in total. The highest BCUT2D eigenvalue weighted by molar-refractivity contribution is 7.09. The van der Waals surface area contributed by atoms with Gasteiger partial charge in [-0.15, -0.1) is 11.3 Å². The summed E-state index contributed by atoms with van der Waals surface area (Å²) in [7, 11) is 0. The van der Waals surface area contributed by atoms with Gasteiger partial charge < -0.3 is 0 Å². The van der Waals surface area contributed by atoms with Gasteiger partial charge >= 0.3 is 0 Å². The number of amides is 1. The predicted octanol–water partition coefficient (Wildman–Crippen LogP) is 2.80. The van der Waals surface area contributed by atoms with Gasteiger partial charge in [0.15, 0.2) is 0 Å². The molecule has 1 aromatic carbocycles. The molecule has 0 spiro atoms. The van der Waals surface area contributed by atoms with Crippen molar-refractivity contribution in [3.8, 4) is 0 Å². The summed E-state index contributed by atoms with van der Waals surface area (Å²) in [6.45, 7) is 6.20. The molecule has 0 unspecified atom stereocenters. The lowest BCUT2D eigenvalue weighted by Gasteiger charge is -2.18. The van der Waals surface area contributed by atoms with Gasteiger partial charge in [-0.3, -0.25) is 14.5 Å².